The Bertz CT molecular complexity index is 673. The lowest BCUT2D eigenvalue weighted by atomic mass is 10.1. The molecule has 0 saturated heterocycles. The van der Waals surface area contributed by atoms with Crippen LogP contribution in [0, 0.1) is 0 Å². The van der Waals surface area contributed by atoms with Gasteiger partial charge in [0.1, 0.15) is 0 Å². The first-order valence-electron chi connectivity index (χ1n) is 7.83. The normalized spacial score (nSPS) is 12.6. The molecule has 114 valence electrons. The monoisotopic (exact) mass is 294 g/mol. The zero-order chi connectivity index (χ0) is 15.2. The summed E-state index contributed by atoms with van der Waals surface area (Å²) in [6, 6.07) is 20.5. The van der Waals surface area contributed by atoms with Gasteiger partial charge < -0.3 is 15.4 Å². The maximum atomic E-state index is 10.3. The molecule has 2 aromatic carbocycles. The minimum absolute atomic E-state index is 0.425. The van der Waals surface area contributed by atoms with Gasteiger partial charge in [-0.25, -0.2) is 0 Å². The van der Waals surface area contributed by atoms with Gasteiger partial charge in [0.15, 0.2) is 0 Å². The fourth-order valence-electron chi connectivity index (χ4n) is 2.68. The van der Waals surface area contributed by atoms with Crippen LogP contribution in [0.15, 0.2) is 60.7 Å². The fraction of sp³-hybridized carbons (Fsp3) is 0.263. The summed E-state index contributed by atoms with van der Waals surface area (Å²) in [6.45, 7) is 1.79. The van der Waals surface area contributed by atoms with E-state index < -0.39 is 6.10 Å². The standard InChI is InChI=1S/C19H22N2O/c22-19(18-13-16-9-4-5-10-17(16)21-18)11-6-12-20-14-15-7-2-1-3-8-15/h1-5,7-10,13,19-22H,6,11-12,14H2. The van der Waals surface area contributed by atoms with Crippen LogP contribution in [0.1, 0.15) is 30.2 Å². The van der Waals surface area contributed by atoms with Gasteiger partial charge in [-0.2, -0.15) is 0 Å². The number of hydrogen-bond acceptors (Lipinski definition) is 2. The van der Waals surface area contributed by atoms with Crippen molar-refractivity contribution in [3.8, 4) is 0 Å². The summed E-state index contributed by atoms with van der Waals surface area (Å²) < 4.78 is 0. The summed E-state index contributed by atoms with van der Waals surface area (Å²) in [4.78, 5) is 3.29. The third-order valence-corrected chi connectivity index (χ3v) is 3.91. The van der Waals surface area contributed by atoms with E-state index in [4.69, 9.17) is 0 Å². The Hall–Kier alpha value is -2.10. The van der Waals surface area contributed by atoms with Crippen molar-refractivity contribution in [1.82, 2.24) is 10.3 Å². The summed E-state index contributed by atoms with van der Waals surface area (Å²) in [5, 5.41) is 14.8. The predicted octanol–water partition coefficient (Wildman–Crippen LogP) is 3.77. The number of rotatable bonds is 7. The van der Waals surface area contributed by atoms with Gasteiger partial charge in [0.25, 0.3) is 0 Å². The van der Waals surface area contributed by atoms with Gasteiger partial charge in [-0.1, -0.05) is 48.5 Å². The van der Waals surface area contributed by atoms with E-state index in [2.05, 4.69) is 40.6 Å². The highest BCUT2D eigenvalue weighted by molar-refractivity contribution is 5.80. The molecule has 1 unspecified atom stereocenters. The second kappa shape index (κ2) is 7.25. The molecule has 1 atom stereocenters. The second-order valence-corrected chi connectivity index (χ2v) is 5.63. The van der Waals surface area contributed by atoms with Crippen LogP contribution in [0.3, 0.4) is 0 Å². The van der Waals surface area contributed by atoms with Gasteiger partial charge in [0.2, 0.25) is 0 Å². The predicted molar refractivity (Wildman–Crippen MR) is 90.6 cm³/mol. The minimum Gasteiger partial charge on any atom is -0.387 e. The van der Waals surface area contributed by atoms with Gasteiger partial charge in [-0.3, -0.25) is 0 Å². The van der Waals surface area contributed by atoms with Crippen molar-refractivity contribution in [1.29, 1.82) is 0 Å². The van der Waals surface area contributed by atoms with Crippen molar-refractivity contribution < 1.29 is 5.11 Å². The lowest BCUT2D eigenvalue weighted by Gasteiger charge is -2.09. The zero-order valence-corrected chi connectivity index (χ0v) is 12.6. The highest BCUT2D eigenvalue weighted by Crippen LogP contribution is 2.22. The van der Waals surface area contributed by atoms with Crippen LogP contribution in [0.2, 0.25) is 0 Å². The first-order valence-corrected chi connectivity index (χ1v) is 7.83. The van der Waals surface area contributed by atoms with Crippen LogP contribution < -0.4 is 5.32 Å². The molecule has 1 aromatic heterocycles. The number of aliphatic hydroxyl groups is 1. The highest BCUT2D eigenvalue weighted by atomic mass is 16.3. The highest BCUT2D eigenvalue weighted by Gasteiger charge is 2.10. The number of aromatic nitrogens is 1. The zero-order valence-electron chi connectivity index (χ0n) is 12.6. The molecule has 0 spiro atoms. The smallest absolute Gasteiger partial charge is 0.0938 e. The van der Waals surface area contributed by atoms with Gasteiger partial charge in [-0.15, -0.1) is 0 Å². The van der Waals surface area contributed by atoms with Gasteiger partial charge in [0.05, 0.1) is 6.10 Å². The van der Waals surface area contributed by atoms with E-state index in [1.165, 1.54) is 5.56 Å². The summed E-state index contributed by atoms with van der Waals surface area (Å²) >= 11 is 0. The third-order valence-electron chi connectivity index (χ3n) is 3.91. The van der Waals surface area contributed by atoms with Crippen molar-refractivity contribution in [2.75, 3.05) is 6.54 Å². The Balaban J connectivity index is 1.43. The van der Waals surface area contributed by atoms with E-state index in [-0.39, 0.29) is 0 Å². The number of nitrogens with one attached hydrogen (secondary N) is 2. The Kier molecular flexibility index (Phi) is 4.88. The molecule has 0 aliphatic heterocycles. The first kappa shape index (κ1) is 14.8. The SMILES string of the molecule is OC(CCCNCc1ccccc1)c1cc2ccccc2[nH]1. The molecular weight excluding hydrogens is 272 g/mol. The Morgan fingerprint density at radius 2 is 1.77 bits per heavy atom. The van der Waals surface area contributed by atoms with Crippen LogP contribution in [0.25, 0.3) is 10.9 Å². The number of benzene rings is 2. The Labute approximate surface area is 131 Å². The summed E-state index contributed by atoms with van der Waals surface area (Å²) in [5.74, 6) is 0. The Morgan fingerprint density at radius 1 is 1.00 bits per heavy atom. The topological polar surface area (TPSA) is 48.0 Å². The van der Waals surface area contributed by atoms with Crippen molar-refractivity contribution in [2.45, 2.75) is 25.5 Å². The van der Waals surface area contributed by atoms with E-state index in [1.54, 1.807) is 0 Å². The molecule has 0 aliphatic carbocycles. The molecule has 0 bridgehead atoms. The average molecular weight is 294 g/mol. The van der Waals surface area contributed by atoms with Gasteiger partial charge >= 0.3 is 0 Å². The third kappa shape index (κ3) is 3.75. The van der Waals surface area contributed by atoms with Crippen LogP contribution >= 0.6 is 0 Å². The van der Waals surface area contributed by atoms with Gasteiger partial charge in [0, 0.05) is 17.8 Å². The average Bonchev–Trinajstić information content (AvgIpc) is 2.99. The Morgan fingerprint density at radius 3 is 2.59 bits per heavy atom. The molecule has 3 heteroatoms. The molecule has 3 rings (SSSR count). The summed E-state index contributed by atoms with van der Waals surface area (Å²) in [6.07, 6.45) is 1.28. The van der Waals surface area contributed by atoms with E-state index >= 15 is 0 Å². The summed E-state index contributed by atoms with van der Waals surface area (Å²) in [7, 11) is 0. The molecule has 0 radical (unpaired) electrons. The minimum atomic E-state index is -0.425. The van der Waals surface area contributed by atoms with Crippen molar-refractivity contribution in [2.24, 2.45) is 0 Å². The molecule has 0 aliphatic rings. The lowest BCUT2D eigenvalue weighted by Crippen LogP contribution is -2.15. The van der Waals surface area contributed by atoms with Crippen LogP contribution in [-0.4, -0.2) is 16.6 Å². The number of para-hydroxylation sites is 1. The number of aliphatic hydroxyl groups excluding tert-OH is 1. The lowest BCUT2D eigenvalue weighted by molar-refractivity contribution is 0.160. The molecule has 22 heavy (non-hydrogen) atoms. The second-order valence-electron chi connectivity index (χ2n) is 5.63. The van der Waals surface area contributed by atoms with Crippen LogP contribution in [0.5, 0.6) is 0 Å². The molecule has 3 N–H and O–H groups in total. The maximum absolute atomic E-state index is 10.3. The maximum Gasteiger partial charge on any atom is 0.0938 e. The van der Waals surface area contributed by atoms with E-state index in [0.717, 1.165) is 42.5 Å². The quantitative estimate of drug-likeness (QED) is 0.581. The number of hydrogen-bond donors (Lipinski definition) is 3. The van der Waals surface area contributed by atoms with Crippen molar-refractivity contribution >= 4 is 10.9 Å². The number of aromatic amines is 1. The van der Waals surface area contributed by atoms with E-state index in [0.29, 0.717) is 0 Å². The molecule has 0 fully saturated rings. The van der Waals surface area contributed by atoms with Gasteiger partial charge in [-0.05, 0) is 42.5 Å². The van der Waals surface area contributed by atoms with Crippen LogP contribution in [0.4, 0.5) is 0 Å². The van der Waals surface area contributed by atoms with Crippen molar-refractivity contribution in [3.63, 3.8) is 0 Å². The molecule has 0 amide bonds. The van der Waals surface area contributed by atoms with E-state index in [9.17, 15) is 5.11 Å². The molecule has 1 heterocycles. The molecule has 3 aromatic rings. The van der Waals surface area contributed by atoms with E-state index in [1.807, 2.05) is 30.3 Å². The molecule has 3 nitrogen and oxygen atoms in total. The largest absolute Gasteiger partial charge is 0.387 e. The van der Waals surface area contributed by atoms with Crippen molar-refractivity contribution in [3.05, 3.63) is 71.9 Å². The summed E-state index contributed by atoms with van der Waals surface area (Å²) in [5.41, 5.74) is 3.28. The first-order chi connectivity index (χ1) is 10.8. The fourth-order valence-corrected chi connectivity index (χ4v) is 2.68. The molecular formula is C19H22N2O. The number of fused-ring (bicyclic) bond motifs is 1. The van der Waals surface area contributed by atoms with Crippen LogP contribution in [-0.2, 0) is 6.54 Å². The number of H-pyrrole nitrogens is 1. The molecule has 0 saturated carbocycles.